The van der Waals surface area contributed by atoms with Crippen LogP contribution in [0.2, 0.25) is 0 Å². The number of hydrogen-bond donors (Lipinski definition) is 4. The van der Waals surface area contributed by atoms with Crippen LogP contribution >= 0.6 is 0 Å². The molecule has 149 heavy (non-hydrogen) atoms. The van der Waals surface area contributed by atoms with Gasteiger partial charge in [-0.25, -0.2) is 38.4 Å². The number of ether oxygens (including phenoxy) is 13. The Bertz CT molecular complexity index is 5210. The largest absolute Gasteiger partial charge is 0.466 e. The number of aliphatic hydroxyl groups excluding tert-OH is 1. The van der Waals surface area contributed by atoms with Crippen molar-refractivity contribution in [3.05, 3.63) is 97.2 Å². The quantitative estimate of drug-likeness (QED) is 0.0338. The van der Waals surface area contributed by atoms with Crippen LogP contribution in [0.4, 0.5) is 0 Å². The van der Waals surface area contributed by atoms with Crippen LogP contribution in [0.1, 0.15) is 308 Å². The summed E-state index contributed by atoms with van der Waals surface area (Å²) in [7, 11) is 0. The molecule has 30 heteroatoms. The van der Waals surface area contributed by atoms with Crippen LogP contribution in [0.5, 0.6) is 0 Å². The van der Waals surface area contributed by atoms with Gasteiger partial charge >= 0.3 is 77.6 Å². The number of fused-ring (bicyclic) bond motifs is 28. The van der Waals surface area contributed by atoms with Gasteiger partial charge in [-0.05, 0) is 390 Å². The van der Waals surface area contributed by atoms with Gasteiger partial charge in [0.2, 0.25) is 0 Å². The number of carbonyl (C=O) groups excluding carboxylic acids is 13. The first-order valence-corrected chi connectivity index (χ1v) is 55.7. The van der Waals surface area contributed by atoms with Gasteiger partial charge in [0.05, 0.1) is 29.5 Å². The van der Waals surface area contributed by atoms with Crippen LogP contribution in [0, 0.1) is 154 Å². The summed E-state index contributed by atoms with van der Waals surface area (Å²) in [5, 5.41) is 41.4. The summed E-state index contributed by atoms with van der Waals surface area (Å²) in [5.74, 6) is 10.3. The van der Waals surface area contributed by atoms with Crippen molar-refractivity contribution < 1.29 is 144 Å². The monoisotopic (exact) mass is 2080 g/mol. The fraction of sp³-hybridized carbons (Fsp3) is 0.756. The Balaban J connectivity index is 0.000000122. The summed E-state index contributed by atoms with van der Waals surface area (Å²) < 4.78 is 71.2. The van der Waals surface area contributed by atoms with Gasteiger partial charge in [0.1, 0.15) is 72.2 Å². The van der Waals surface area contributed by atoms with Crippen molar-refractivity contribution in [2.75, 3.05) is 6.61 Å². The Morgan fingerprint density at radius 3 is 0.993 bits per heavy atom. The maximum atomic E-state index is 11.8. The Morgan fingerprint density at radius 2 is 0.564 bits per heavy atom. The molecular formula is C119H166O30. The van der Waals surface area contributed by atoms with Crippen LogP contribution in [0.15, 0.2) is 97.2 Å². The minimum absolute atomic E-state index is 0.0176. The third-order valence-corrected chi connectivity index (χ3v) is 39.2. The van der Waals surface area contributed by atoms with Crippen LogP contribution in [-0.2, 0) is 124 Å². The first-order chi connectivity index (χ1) is 70.0. The molecule has 0 radical (unpaired) electrons. The lowest BCUT2D eigenvalue weighted by Crippen LogP contribution is -2.66. The lowest BCUT2D eigenvalue weighted by atomic mass is 9.50. The maximum Gasteiger partial charge on any atom is 0.333 e. The molecule has 25 saturated carbocycles. The van der Waals surface area contributed by atoms with Gasteiger partial charge in [-0.3, -0.25) is 24.0 Å². The van der Waals surface area contributed by atoms with E-state index in [1.807, 2.05) is 0 Å². The highest BCUT2D eigenvalue weighted by atomic mass is 16.6. The van der Waals surface area contributed by atoms with Crippen molar-refractivity contribution in [2.24, 2.45) is 154 Å². The lowest BCUT2D eigenvalue weighted by Gasteiger charge is -2.62. The molecule has 822 valence electrons. The van der Waals surface area contributed by atoms with E-state index in [9.17, 15) is 82.8 Å². The summed E-state index contributed by atoms with van der Waals surface area (Å²) in [5.41, 5.74) is 0.248. The fourth-order valence-corrected chi connectivity index (χ4v) is 35.2. The topological polar surface area (TPSA) is 423 Å². The Hall–Kier alpha value is -9.13. The van der Waals surface area contributed by atoms with Gasteiger partial charge in [-0.2, -0.15) is 0 Å². The van der Waals surface area contributed by atoms with Crippen LogP contribution in [0.3, 0.4) is 0 Å². The number of aliphatic hydroxyl groups is 4. The second-order valence-corrected chi connectivity index (χ2v) is 51.0. The molecule has 22 bridgehead atoms. The van der Waals surface area contributed by atoms with E-state index >= 15 is 0 Å². The van der Waals surface area contributed by atoms with Gasteiger partial charge in [0.15, 0.2) is 0 Å². The van der Waals surface area contributed by atoms with E-state index in [2.05, 4.69) is 52.6 Å². The maximum absolute atomic E-state index is 11.8. The predicted octanol–water partition coefficient (Wildman–Crippen LogP) is 17.0. The van der Waals surface area contributed by atoms with Gasteiger partial charge in [0, 0.05) is 117 Å². The normalized spacial score (nSPS) is 42.7. The highest BCUT2D eigenvalue weighted by Crippen LogP contribution is 2.70. The van der Waals surface area contributed by atoms with Gasteiger partial charge in [-0.1, -0.05) is 52.6 Å². The van der Waals surface area contributed by atoms with Crippen LogP contribution in [-0.4, -0.2) is 200 Å². The highest BCUT2D eigenvalue weighted by Gasteiger charge is 2.69. The van der Waals surface area contributed by atoms with Gasteiger partial charge in [0.25, 0.3) is 0 Å². The standard InChI is InChI=1S/C18H24O4.2C16H22O4.2C14H20O4.2C14H20O3.C13H18O4/c1-8(2)18(20)22-15-7-11-5-13(15)17-10-4-12(16(11)17)14(6-10)21-9(3)19;1-8(2)16(18)20-15-5-10-4-14(15)13-7-11(6-12(10)13)19-9(3)17;1-8(2)16(18)20-13-5-4-11-12-6-10(15(11)13)7-14(12)19-9(3)17;1-9(2)11(15)18-14-5-10-3-12(16,7-14)6-13(17,4-10)8-14;1-8(2)14(16)18-13-6-10-4-11(13)5-12(10)7-17-9(3)15;1-9(2)12(15)17-14-6-10-3-11(7-14)5-13(16,4-10)8-14;1-7(2)14(16)17-12-4-3-9-10-5-8(13(9)12)6-11(10)15;1-7(2)13(15)17-12-6-9-4-10(12)5-11(9)16-8(3)14/h10-17H,1,4-7H2,2-3H3;2*10-15H,1,4-7H2,2-3H3;10,16-17H,1,3-8H2,2H3;10-13H,1,4-7H2,2-3H3;10-11,16H,1,3-8H2,2H3;8-13,15H,1,3-6H2,2H3;9-12H,1,4-6H2,2-3H3. The number of carbonyl (C=O) groups is 13. The second kappa shape index (κ2) is 44.8. The van der Waals surface area contributed by atoms with Crippen molar-refractivity contribution in [1.29, 1.82) is 0 Å². The molecule has 4 N–H and O–H groups in total. The first-order valence-electron chi connectivity index (χ1n) is 55.7. The minimum atomic E-state index is -0.858. The number of hydrogen-bond acceptors (Lipinski definition) is 30. The molecule has 0 heterocycles. The molecule has 25 aliphatic rings. The lowest BCUT2D eigenvalue weighted by molar-refractivity contribution is -0.260. The van der Waals surface area contributed by atoms with Crippen LogP contribution < -0.4 is 0 Å². The molecule has 0 aromatic carbocycles. The highest BCUT2D eigenvalue weighted by molar-refractivity contribution is 5.90. The molecule has 0 aromatic heterocycles. The minimum Gasteiger partial charge on any atom is -0.466 e. The third-order valence-electron chi connectivity index (χ3n) is 39.2. The fourth-order valence-electron chi connectivity index (χ4n) is 35.2. The number of rotatable bonds is 22. The van der Waals surface area contributed by atoms with Crippen molar-refractivity contribution >= 4 is 77.6 Å². The summed E-state index contributed by atoms with van der Waals surface area (Å²) in [6.45, 7) is 50.2. The molecule has 38 unspecified atom stereocenters. The Kier molecular flexibility index (Phi) is 33.8. The molecule has 0 aromatic rings. The van der Waals surface area contributed by atoms with E-state index < -0.39 is 34.0 Å². The molecule has 0 spiro atoms. The third kappa shape index (κ3) is 25.0. The van der Waals surface area contributed by atoms with E-state index in [0.717, 1.165) is 173 Å². The average molecular weight is 2080 g/mol. The molecule has 25 fully saturated rings. The SMILES string of the molecule is C=C(C)C(=O)OC12CC3CC(CC(O)(C3)C1)C2.C=C(C)C(=O)OC12CC3CC(O)(CC(O)(C3)C1)C2.C=C(C)C(=O)OC1CC2CC1C1C3CC(OC(C)=O)C(C3)C21.C=C(C)C(=O)OC1CC2CC1C1CC(OC(C)=O)CC21.C=C(C)C(=O)OC1CC2CC1CC2COC(C)=O.C=C(C)C(=O)OC1CC2CC1CC2OC(C)=O.C=C(C)C(=O)OC1CCC2C3CC(CC3O)C12.C=C(C)C(=O)OC1CCC2C3CC(CC3OC(C)=O)C12. The average Bonchev–Trinajstić information content (AvgIpc) is 1.33. The predicted molar refractivity (Wildman–Crippen MR) is 543 cm³/mol. The molecule has 38 atom stereocenters. The molecular weight excluding hydrogens is 1910 g/mol. The molecule has 0 saturated heterocycles. The zero-order chi connectivity index (χ0) is 108. The second-order valence-electron chi connectivity index (χ2n) is 51.0. The van der Waals surface area contributed by atoms with Crippen LogP contribution in [0.25, 0.3) is 0 Å². The van der Waals surface area contributed by atoms with E-state index in [-0.39, 0.29) is 145 Å². The molecule has 25 aliphatic carbocycles. The van der Waals surface area contributed by atoms with Crippen molar-refractivity contribution in [2.45, 2.75) is 403 Å². The van der Waals surface area contributed by atoms with E-state index in [1.54, 1.807) is 55.4 Å². The van der Waals surface area contributed by atoms with Crippen molar-refractivity contribution in [1.82, 2.24) is 0 Å². The van der Waals surface area contributed by atoms with E-state index in [0.29, 0.717) is 225 Å². The van der Waals surface area contributed by atoms with Gasteiger partial charge < -0.3 is 82.0 Å². The van der Waals surface area contributed by atoms with Crippen molar-refractivity contribution in [3.63, 3.8) is 0 Å². The Morgan fingerprint density at radius 1 is 0.242 bits per heavy atom. The summed E-state index contributed by atoms with van der Waals surface area (Å²) in [4.78, 5) is 148. The summed E-state index contributed by atoms with van der Waals surface area (Å²) in [6.07, 6.45) is 31.8. The smallest absolute Gasteiger partial charge is 0.333 e. The summed E-state index contributed by atoms with van der Waals surface area (Å²) in [6, 6.07) is 0. The molecule has 30 nitrogen and oxygen atoms in total. The number of esters is 13. The molecule has 25 rings (SSSR count). The molecule has 0 aliphatic heterocycles. The van der Waals surface area contributed by atoms with E-state index in [1.165, 1.54) is 53.9 Å². The zero-order valence-corrected chi connectivity index (χ0v) is 90.2. The first kappa shape index (κ1) is 112. The summed E-state index contributed by atoms with van der Waals surface area (Å²) >= 11 is 0. The Labute approximate surface area is 878 Å². The van der Waals surface area contributed by atoms with E-state index in [4.69, 9.17) is 61.6 Å². The zero-order valence-electron chi connectivity index (χ0n) is 90.2. The van der Waals surface area contributed by atoms with Gasteiger partial charge in [-0.15, -0.1) is 0 Å². The molecule has 0 amide bonds. The van der Waals surface area contributed by atoms with Crippen molar-refractivity contribution in [3.8, 4) is 0 Å².